The number of anilines is 2. The van der Waals surface area contributed by atoms with Crippen molar-refractivity contribution in [2.45, 2.75) is 6.10 Å². The van der Waals surface area contributed by atoms with Gasteiger partial charge in [0.1, 0.15) is 31.1 Å². The molecule has 0 spiro atoms. The Hall–Kier alpha value is -3.62. The fraction of sp³-hybridized carbons (Fsp3) is 0.346. The maximum absolute atomic E-state index is 10.6. The number of para-hydroxylation sites is 1. The van der Waals surface area contributed by atoms with Crippen molar-refractivity contribution >= 4 is 45.0 Å². The lowest BCUT2D eigenvalue weighted by Gasteiger charge is -2.34. The van der Waals surface area contributed by atoms with Crippen LogP contribution in [0.1, 0.15) is 0 Å². The summed E-state index contributed by atoms with van der Waals surface area (Å²) in [4.78, 5) is 13.1. The number of benzene rings is 2. The lowest BCUT2D eigenvalue weighted by atomic mass is 10.2. The van der Waals surface area contributed by atoms with Crippen molar-refractivity contribution in [2.75, 3.05) is 58.3 Å². The van der Waals surface area contributed by atoms with E-state index in [1.807, 2.05) is 24.3 Å². The van der Waals surface area contributed by atoms with Crippen molar-refractivity contribution in [1.82, 2.24) is 19.8 Å². The summed E-state index contributed by atoms with van der Waals surface area (Å²) in [6.45, 7) is 4.29. The van der Waals surface area contributed by atoms with E-state index in [0.717, 1.165) is 42.6 Å². The number of hydrogen-bond acceptors (Lipinski definition) is 10. The number of hydrogen-bond donors (Lipinski definition) is 2. The Balaban J connectivity index is 1.29. The van der Waals surface area contributed by atoms with Gasteiger partial charge in [-0.3, -0.25) is 9.80 Å². The third-order valence-corrected chi connectivity index (χ3v) is 6.68. The standard InChI is InChI=1S/C26H27ClN6O4/c1-35-23-11-19-22(12-24(23)36-14-17(34)13-33-9-7-32(6-5-28)8-10-33)29-16-30-26(19)31-21-4-2-3-18-20(27)15-37-25(18)21/h2-4,11-12,15-17,34H,6-10,13-14H2,1H3,(H,29,30,31). The Labute approximate surface area is 219 Å². The highest BCUT2D eigenvalue weighted by molar-refractivity contribution is 6.35. The SMILES string of the molecule is COc1cc2c(Nc3cccc4c(Cl)coc34)ncnc2cc1OCC(O)CN1CCN(CC#N)CC1. The Bertz CT molecular complexity index is 1430. The number of nitrogens with one attached hydrogen (secondary N) is 1. The summed E-state index contributed by atoms with van der Waals surface area (Å²) in [7, 11) is 1.56. The second-order valence-corrected chi connectivity index (χ2v) is 9.24. The average molecular weight is 523 g/mol. The molecule has 11 heteroatoms. The van der Waals surface area contributed by atoms with Crippen molar-refractivity contribution in [3.8, 4) is 17.6 Å². The predicted molar refractivity (Wildman–Crippen MR) is 141 cm³/mol. The van der Waals surface area contributed by atoms with Crippen LogP contribution in [0.15, 0.2) is 47.3 Å². The number of aliphatic hydroxyl groups is 1. The highest BCUT2D eigenvalue weighted by Crippen LogP contribution is 2.37. The molecular weight excluding hydrogens is 496 g/mol. The molecule has 5 rings (SSSR count). The fourth-order valence-electron chi connectivity index (χ4n) is 4.45. The molecule has 1 aliphatic heterocycles. The van der Waals surface area contributed by atoms with Crippen LogP contribution in [0.3, 0.4) is 0 Å². The third kappa shape index (κ3) is 5.55. The molecule has 37 heavy (non-hydrogen) atoms. The van der Waals surface area contributed by atoms with E-state index in [0.29, 0.717) is 46.5 Å². The first-order valence-electron chi connectivity index (χ1n) is 11.9. The molecule has 1 atom stereocenters. The molecule has 2 aromatic carbocycles. The molecule has 1 saturated heterocycles. The maximum atomic E-state index is 10.6. The topological polar surface area (TPSA) is 120 Å². The van der Waals surface area contributed by atoms with Crippen LogP contribution in [0.25, 0.3) is 21.9 Å². The fourth-order valence-corrected chi connectivity index (χ4v) is 4.65. The molecule has 192 valence electrons. The second kappa shape index (κ2) is 11.2. The van der Waals surface area contributed by atoms with Gasteiger partial charge in [-0.25, -0.2) is 9.97 Å². The molecule has 0 saturated carbocycles. The monoisotopic (exact) mass is 522 g/mol. The zero-order chi connectivity index (χ0) is 25.8. The van der Waals surface area contributed by atoms with Crippen LogP contribution in [0.2, 0.25) is 5.02 Å². The summed E-state index contributed by atoms with van der Waals surface area (Å²) in [5.41, 5.74) is 2.01. The summed E-state index contributed by atoms with van der Waals surface area (Å²) in [5.74, 6) is 1.56. The highest BCUT2D eigenvalue weighted by Gasteiger charge is 2.20. The van der Waals surface area contributed by atoms with Crippen LogP contribution >= 0.6 is 11.6 Å². The molecule has 2 aromatic heterocycles. The van der Waals surface area contributed by atoms with Gasteiger partial charge >= 0.3 is 0 Å². The van der Waals surface area contributed by atoms with E-state index in [1.54, 1.807) is 13.2 Å². The van der Waals surface area contributed by atoms with Crippen LogP contribution in [0.4, 0.5) is 11.5 Å². The Kier molecular flexibility index (Phi) is 7.58. The molecule has 1 unspecified atom stereocenters. The molecule has 1 aliphatic rings. The summed E-state index contributed by atoms with van der Waals surface area (Å²) < 4.78 is 17.2. The largest absolute Gasteiger partial charge is 0.493 e. The minimum absolute atomic E-state index is 0.109. The van der Waals surface area contributed by atoms with Crippen molar-refractivity contribution in [2.24, 2.45) is 0 Å². The molecule has 4 aromatic rings. The molecule has 1 fully saturated rings. The zero-order valence-corrected chi connectivity index (χ0v) is 21.1. The predicted octanol–water partition coefficient (Wildman–Crippen LogP) is 3.66. The zero-order valence-electron chi connectivity index (χ0n) is 20.4. The van der Waals surface area contributed by atoms with Gasteiger partial charge in [0.15, 0.2) is 17.1 Å². The van der Waals surface area contributed by atoms with E-state index >= 15 is 0 Å². The van der Waals surface area contributed by atoms with E-state index < -0.39 is 6.10 Å². The van der Waals surface area contributed by atoms with Crippen LogP contribution in [-0.2, 0) is 0 Å². The van der Waals surface area contributed by atoms with E-state index in [1.165, 1.54) is 12.6 Å². The molecule has 0 bridgehead atoms. The Morgan fingerprint density at radius 1 is 1.16 bits per heavy atom. The Morgan fingerprint density at radius 3 is 2.76 bits per heavy atom. The van der Waals surface area contributed by atoms with Gasteiger partial charge in [-0.2, -0.15) is 5.26 Å². The smallest absolute Gasteiger partial charge is 0.163 e. The van der Waals surface area contributed by atoms with Crippen molar-refractivity contribution < 1.29 is 19.0 Å². The van der Waals surface area contributed by atoms with Gasteiger partial charge in [0.05, 0.1) is 36.0 Å². The molecule has 3 heterocycles. The van der Waals surface area contributed by atoms with Gasteiger partial charge in [0.2, 0.25) is 0 Å². The number of ether oxygens (including phenoxy) is 2. The number of piperazine rings is 1. The van der Waals surface area contributed by atoms with Gasteiger partial charge in [0.25, 0.3) is 0 Å². The number of furan rings is 1. The lowest BCUT2D eigenvalue weighted by molar-refractivity contribution is 0.0478. The first kappa shape index (κ1) is 25.0. The first-order chi connectivity index (χ1) is 18.1. The lowest BCUT2D eigenvalue weighted by Crippen LogP contribution is -2.49. The Morgan fingerprint density at radius 2 is 1.97 bits per heavy atom. The number of rotatable bonds is 9. The van der Waals surface area contributed by atoms with Gasteiger partial charge in [-0.1, -0.05) is 17.7 Å². The number of halogens is 1. The normalized spacial score (nSPS) is 15.5. The van der Waals surface area contributed by atoms with E-state index in [-0.39, 0.29) is 6.61 Å². The summed E-state index contributed by atoms with van der Waals surface area (Å²) >= 11 is 6.21. The van der Waals surface area contributed by atoms with Gasteiger partial charge in [0, 0.05) is 49.6 Å². The van der Waals surface area contributed by atoms with E-state index in [9.17, 15) is 5.11 Å². The van der Waals surface area contributed by atoms with Crippen molar-refractivity contribution in [3.05, 3.63) is 47.9 Å². The second-order valence-electron chi connectivity index (χ2n) is 8.83. The molecule has 0 radical (unpaired) electrons. The van der Waals surface area contributed by atoms with E-state index in [4.69, 9.17) is 30.8 Å². The van der Waals surface area contributed by atoms with E-state index in [2.05, 4.69) is 31.2 Å². The van der Waals surface area contributed by atoms with Gasteiger partial charge < -0.3 is 24.3 Å². The number of fused-ring (bicyclic) bond motifs is 2. The number of nitrogens with zero attached hydrogens (tertiary/aromatic N) is 5. The maximum Gasteiger partial charge on any atom is 0.163 e. The van der Waals surface area contributed by atoms with Crippen LogP contribution in [0.5, 0.6) is 11.5 Å². The molecule has 10 nitrogen and oxygen atoms in total. The number of methoxy groups -OCH3 is 1. The average Bonchev–Trinajstić information content (AvgIpc) is 3.30. The van der Waals surface area contributed by atoms with Crippen LogP contribution in [-0.4, -0.2) is 84.0 Å². The summed E-state index contributed by atoms with van der Waals surface area (Å²) in [6, 6.07) is 11.4. The van der Waals surface area contributed by atoms with Gasteiger partial charge in [-0.15, -0.1) is 0 Å². The number of aromatic nitrogens is 2. The number of aliphatic hydroxyl groups excluding tert-OH is 1. The minimum atomic E-state index is -0.675. The third-order valence-electron chi connectivity index (χ3n) is 6.39. The molecular formula is C26H27ClN6O4. The summed E-state index contributed by atoms with van der Waals surface area (Å²) in [6.07, 6.45) is 2.30. The number of β-amino-alcohol motifs (C(OH)–C–C–N with tert-alkyl or cyclic N) is 1. The molecule has 0 amide bonds. The summed E-state index contributed by atoms with van der Waals surface area (Å²) in [5, 5.41) is 24.8. The quantitative estimate of drug-likeness (QED) is 0.315. The van der Waals surface area contributed by atoms with Crippen LogP contribution in [0, 0.1) is 11.3 Å². The molecule has 0 aliphatic carbocycles. The molecule has 2 N–H and O–H groups in total. The minimum Gasteiger partial charge on any atom is -0.493 e. The van der Waals surface area contributed by atoms with Crippen LogP contribution < -0.4 is 14.8 Å². The highest BCUT2D eigenvalue weighted by atomic mass is 35.5. The van der Waals surface area contributed by atoms with Gasteiger partial charge in [-0.05, 0) is 18.2 Å². The first-order valence-corrected chi connectivity index (χ1v) is 12.3. The van der Waals surface area contributed by atoms with Crippen molar-refractivity contribution in [3.63, 3.8) is 0 Å². The van der Waals surface area contributed by atoms with Crippen molar-refractivity contribution in [1.29, 1.82) is 5.26 Å². The number of nitriles is 1.